The van der Waals surface area contributed by atoms with E-state index >= 15 is 0 Å². The van der Waals surface area contributed by atoms with Crippen LogP contribution in [0.2, 0.25) is 5.02 Å². The Morgan fingerprint density at radius 3 is 2.02 bits per heavy atom. The van der Waals surface area contributed by atoms with Crippen LogP contribution in [-0.2, 0) is 9.59 Å². The molecule has 1 unspecified atom stereocenters. The van der Waals surface area contributed by atoms with E-state index in [0.29, 0.717) is 43.7 Å². The molecule has 0 aliphatic heterocycles. The Kier molecular flexibility index (Phi) is 16.0. The summed E-state index contributed by atoms with van der Waals surface area (Å²) in [6, 6.07) is 9.30. The van der Waals surface area contributed by atoms with Crippen LogP contribution in [0.4, 0.5) is 0 Å². The third kappa shape index (κ3) is 12.9. The highest BCUT2D eigenvalue weighted by molar-refractivity contribution is 6.31. The number of para-hydroxylation sites is 1. The minimum Gasteiger partial charge on any atom is -0.507 e. The zero-order valence-corrected chi connectivity index (χ0v) is 25.2. The lowest BCUT2D eigenvalue weighted by Gasteiger charge is -2.29. The third-order valence-corrected chi connectivity index (χ3v) is 7.47. The summed E-state index contributed by atoms with van der Waals surface area (Å²) >= 11 is 5.90. The van der Waals surface area contributed by atoms with Gasteiger partial charge in [0.05, 0.1) is 11.1 Å². The second-order valence-corrected chi connectivity index (χ2v) is 11.0. The molecule has 1 atom stereocenters. The van der Waals surface area contributed by atoms with Crippen molar-refractivity contribution in [2.24, 2.45) is 0 Å². The third-order valence-electron chi connectivity index (χ3n) is 7.24. The van der Waals surface area contributed by atoms with Crippen LogP contribution in [0.25, 0.3) is 0 Å². The number of carbonyl (C=O) groups excluding carboxylic acids is 2. The summed E-state index contributed by atoms with van der Waals surface area (Å²) in [6.45, 7) is 0.621. The number of aliphatic carboxylic acids is 2. The first-order valence-corrected chi connectivity index (χ1v) is 15.3. The normalized spacial score (nSPS) is 11.6. The standard InChI is InChI=1S/C32H43ClN2O8/c33-23-18-19-28(37)25(22-23)30(40)34-20-12-6-5-8-15-26(32(42)43)35(31(41)24-14-10-11-16-27(24)36)21-13-7-3-1-2-4-9-17-29(38)39/h10-11,14,16,18-19,22,26,36-37H,1-9,12-13,15,17,20-21H2,(H,34,40)(H,38,39)(H,42,43). The molecule has 0 saturated carbocycles. The van der Waals surface area contributed by atoms with Crippen LogP contribution in [0.1, 0.15) is 104 Å². The second kappa shape index (κ2) is 19.4. The molecule has 5 N–H and O–H groups in total. The van der Waals surface area contributed by atoms with Crippen molar-refractivity contribution in [2.45, 2.75) is 89.5 Å². The number of phenols is 2. The first kappa shape index (κ1) is 35.4. The van der Waals surface area contributed by atoms with Crippen molar-refractivity contribution in [2.75, 3.05) is 13.1 Å². The Balaban J connectivity index is 1.85. The molecule has 0 saturated heterocycles. The summed E-state index contributed by atoms with van der Waals surface area (Å²) in [4.78, 5) is 49.9. The van der Waals surface area contributed by atoms with E-state index in [1.54, 1.807) is 12.1 Å². The maximum absolute atomic E-state index is 13.4. The second-order valence-electron chi connectivity index (χ2n) is 10.6. The van der Waals surface area contributed by atoms with Gasteiger partial charge < -0.3 is 30.6 Å². The first-order valence-electron chi connectivity index (χ1n) is 14.9. The predicted octanol–water partition coefficient (Wildman–Crippen LogP) is 6.23. The van der Waals surface area contributed by atoms with Crippen LogP contribution in [0.3, 0.4) is 0 Å². The maximum atomic E-state index is 13.4. The quantitative estimate of drug-likeness (QED) is 0.103. The van der Waals surface area contributed by atoms with E-state index in [9.17, 15) is 34.5 Å². The number of amides is 2. The number of hydrogen-bond acceptors (Lipinski definition) is 6. The van der Waals surface area contributed by atoms with Gasteiger partial charge in [0.25, 0.3) is 11.8 Å². The fourth-order valence-corrected chi connectivity index (χ4v) is 5.04. The van der Waals surface area contributed by atoms with Gasteiger partial charge in [-0.2, -0.15) is 0 Å². The first-order chi connectivity index (χ1) is 20.6. The molecule has 0 radical (unpaired) electrons. The van der Waals surface area contributed by atoms with Gasteiger partial charge in [0, 0.05) is 24.5 Å². The average molecular weight is 619 g/mol. The highest BCUT2D eigenvalue weighted by Gasteiger charge is 2.30. The summed E-state index contributed by atoms with van der Waals surface area (Å²) < 4.78 is 0. The monoisotopic (exact) mass is 618 g/mol. The van der Waals surface area contributed by atoms with Gasteiger partial charge in [-0.15, -0.1) is 0 Å². The lowest BCUT2D eigenvalue weighted by Crippen LogP contribution is -2.45. The number of benzene rings is 2. The van der Waals surface area contributed by atoms with Gasteiger partial charge in [-0.1, -0.05) is 75.1 Å². The van der Waals surface area contributed by atoms with Crippen molar-refractivity contribution < 1.29 is 39.6 Å². The molecule has 11 heteroatoms. The smallest absolute Gasteiger partial charge is 0.326 e. The number of hydrogen-bond donors (Lipinski definition) is 5. The van der Waals surface area contributed by atoms with Gasteiger partial charge >= 0.3 is 11.9 Å². The number of phenolic OH excluding ortho intramolecular Hbond substituents is 2. The van der Waals surface area contributed by atoms with E-state index in [0.717, 1.165) is 38.5 Å². The van der Waals surface area contributed by atoms with Crippen molar-refractivity contribution in [3.63, 3.8) is 0 Å². The molecule has 0 aromatic heterocycles. The van der Waals surface area contributed by atoms with E-state index in [1.165, 1.54) is 35.2 Å². The Morgan fingerprint density at radius 2 is 1.35 bits per heavy atom. The largest absolute Gasteiger partial charge is 0.507 e. The SMILES string of the molecule is O=C(O)CCCCCCCCCN(C(=O)c1ccccc1O)C(CCCCCCNC(=O)c1cc(Cl)ccc1O)C(=O)O. The molecular weight excluding hydrogens is 576 g/mol. The zero-order valence-electron chi connectivity index (χ0n) is 24.5. The van der Waals surface area contributed by atoms with Crippen LogP contribution in [0.15, 0.2) is 42.5 Å². The number of carboxylic acids is 2. The molecule has 43 heavy (non-hydrogen) atoms. The van der Waals surface area contributed by atoms with Crippen molar-refractivity contribution in [3.05, 3.63) is 58.6 Å². The Hall–Kier alpha value is -3.79. The van der Waals surface area contributed by atoms with E-state index in [1.807, 2.05) is 0 Å². The maximum Gasteiger partial charge on any atom is 0.326 e. The Morgan fingerprint density at radius 1 is 0.744 bits per heavy atom. The number of halogens is 1. The molecular formula is C32H43ClN2O8. The molecule has 2 aromatic rings. The van der Waals surface area contributed by atoms with Crippen LogP contribution in [0, 0.1) is 0 Å². The molecule has 2 aromatic carbocycles. The summed E-state index contributed by atoms with van der Waals surface area (Å²) in [7, 11) is 0. The van der Waals surface area contributed by atoms with E-state index in [2.05, 4.69) is 5.32 Å². The number of nitrogens with one attached hydrogen (secondary N) is 1. The molecule has 0 fully saturated rings. The van der Waals surface area contributed by atoms with Gasteiger partial charge in [-0.25, -0.2) is 4.79 Å². The zero-order chi connectivity index (χ0) is 31.6. The lowest BCUT2D eigenvalue weighted by atomic mass is 10.0. The van der Waals surface area contributed by atoms with Crippen molar-refractivity contribution in [1.29, 1.82) is 0 Å². The summed E-state index contributed by atoms with van der Waals surface area (Å²) in [5, 5.41) is 42.0. The van der Waals surface area contributed by atoms with Crippen LogP contribution < -0.4 is 5.32 Å². The lowest BCUT2D eigenvalue weighted by molar-refractivity contribution is -0.142. The molecule has 10 nitrogen and oxygen atoms in total. The summed E-state index contributed by atoms with van der Waals surface area (Å²) in [5.41, 5.74) is 0.162. The number of nitrogens with zero attached hydrogens (tertiary/aromatic N) is 1. The Labute approximate surface area is 257 Å². The van der Waals surface area contributed by atoms with E-state index in [-0.39, 0.29) is 42.0 Å². The highest BCUT2D eigenvalue weighted by atomic mass is 35.5. The molecule has 0 aliphatic carbocycles. The van der Waals surface area contributed by atoms with Gasteiger partial charge in [-0.05, 0) is 56.0 Å². The van der Waals surface area contributed by atoms with Crippen LogP contribution in [-0.4, -0.2) is 68.2 Å². The highest BCUT2D eigenvalue weighted by Crippen LogP contribution is 2.23. The molecule has 0 bridgehead atoms. The summed E-state index contributed by atoms with van der Waals surface area (Å²) in [5.74, 6) is -3.19. The van der Waals surface area contributed by atoms with Gasteiger partial charge in [-0.3, -0.25) is 14.4 Å². The molecule has 236 valence electrons. The number of aromatic hydroxyl groups is 2. The van der Waals surface area contributed by atoms with E-state index < -0.39 is 29.8 Å². The topological polar surface area (TPSA) is 164 Å². The number of carboxylic acid groups (broad SMARTS) is 2. The average Bonchev–Trinajstić information content (AvgIpc) is 2.97. The van der Waals surface area contributed by atoms with Crippen molar-refractivity contribution in [3.8, 4) is 11.5 Å². The minimum atomic E-state index is -1.10. The number of unbranched alkanes of at least 4 members (excludes halogenated alkanes) is 9. The van der Waals surface area contributed by atoms with E-state index in [4.69, 9.17) is 16.7 Å². The molecule has 0 spiro atoms. The van der Waals surface area contributed by atoms with Crippen LogP contribution >= 0.6 is 11.6 Å². The van der Waals surface area contributed by atoms with Gasteiger partial charge in [0.2, 0.25) is 0 Å². The van der Waals surface area contributed by atoms with Gasteiger partial charge in [0.1, 0.15) is 17.5 Å². The molecule has 0 heterocycles. The van der Waals surface area contributed by atoms with Crippen molar-refractivity contribution >= 4 is 35.4 Å². The fraction of sp³-hybridized carbons (Fsp3) is 0.500. The molecule has 0 aliphatic rings. The summed E-state index contributed by atoms with van der Waals surface area (Å²) in [6.07, 6.45) is 8.75. The number of rotatable bonds is 21. The van der Waals surface area contributed by atoms with Crippen LogP contribution in [0.5, 0.6) is 11.5 Å². The molecule has 2 rings (SSSR count). The van der Waals surface area contributed by atoms with Gasteiger partial charge in [0.15, 0.2) is 0 Å². The number of carbonyl (C=O) groups is 4. The fourth-order valence-electron chi connectivity index (χ4n) is 4.87. The Bertz CT molecular complexity index is 1210. The minimum absolute atomic E-state index is 0.0636. The predicted molar refractivity (Wildman–Crippen MR) is 164 cm³/mol. The molecule has 2 amide bonds. The van der Waals surface area contributed by atoms with Crippen molar-refractivity contribution in [1.82, 2.24) is 10.2 Å².